The van der Waals surface area contributed by atoms with E-state index >= 15 is 0 Å². The van der Waals surface area contributed by atoms with Crippen molar-refractivity contribution in [1.82, 2.24) is 13.9 Å². The minimum Gasteiger partial charge on any atom is -0.316 e. The molecule has 2 aromatic carbocycles. The number of hydrogen-bond donors (Lipinski definition) is 0. The first kappa shape index (κ1) is 22.3. The molecule has 0 bridgehead atoms. The van der Waals surface area contributed by atoms with Gasteiger partial charge in [-0.05, 0) is 49.7 Å². The molecule has 0 aliphatic rings. The summed E-state index contributed by atoms with van der Waals surface area (Å²) in [6.07, 6.45) is 0. The van der Waals surface area contributed by atoms with Crippen LogP contribution in [0.15, 0.2) is 52.5 Å². The standard InChI is InChI=1S/C22H26N4O2S2/c1-5-25(6-2)30(27,28)19-10-11-21-20(13-19)24-22(26(21)16(3)4)29-15-18-9-7-8-17(12-18)14-23/h7-13,16H,5-6,15H2,1-4H3. The molecule has 0 spiro atoms. The number of nitriles is 1. The zero-order valence-electron chi connectivity index (χ0n) is 17.7. The molecular weight excluding hydrogens is 416 g/mol. The number of thioether (sulfide) groups is 1. The molecule has 158 valence electrons. The van der Waals surface area contributed by atoms with Crippen LogP contribution in [0.1, 0.15) is 44.9 Å². The van der Waals surface area contributed by atoms with Crippen molar-refractivity contribution in [3.8, 4) is 6.07 Å². The van der Waals surface area contributed by atoms with Crippen LogP contribution in [0, 0.1) is 11.3 Å². The van der Waals surface area contributed by atoms with Crippen molar-refractivity contribution in [3.63, 3.8) is 0 Å². The summed E-state index contributed by atoms with van der Waals surface area (Å²) in [4.78, 5) is 5.02. The van der Waals surface area contributed by atoms with Crippen LogP contribution in [-0.4, -0.2) is 35.4 Å². The summed E-state index contributed by atoms with van der Waals surface area (Å²) < 4.78 is 29.4. The molecule has 0 N–H and O–H groups in total. The second kappa shape index (κ2) is 9.21. The van der Waals surface area contributed by atoms with Crippen molar-refractivity contribution in [2.24, 2.45) is 0 Å². The van der Waals surface area contributed by atoms with Gasteiger partial charge in [-0.2, -0.15) is 9.57 Å². The Labute approximate surface area is 182 Å². The number of fused-ring (bicyclic) bond motifs is 1. The number of sulfonamides is 1. The van der Waals surface area contributed by atoms with Gasteiger partial charge in [-0.3, -0.25) is 0 Å². The van der Waals surface area contributed by atoms with E-state index in [0.29, 0.717) is 29.9 Å². The van der Waals surface area contributed by atoms with E-state index in [0.717, 1.165) is 16.2 Å². The third-order valence-corrected chi connectivity index (χ3v) is 7.98. The van der Waals surface area contributed by atoms with E-state index in [-0.39, 0.29) is 10.9 Å². The van der Waals surface area contributed by atoms with Gasteiger partial charge in [0.25, 0.3) is 0 Å². The lowest BCUT2D eigenvalue weighted by Gasteiger charge is -2.18. The Hall–Kier alpha value is -2.34. The van der Waals surface area contributed by atoms with Crippen molar-refractivity contribution < 1.29 is 8.42 Å². The molecule has 3 aromatic rings. The molecule has 1 heterocycles. The number of rotatable bonds is 8. The van der Waals surface area contributed by atoms with Gasteiger partial charge in [-0.25, -0.2) is 13.4 Å². The summed E-state index contributed by atoms with van der Waals surface area (Å²) in [5.41, 5.74) is 3.27. The van der Waals surface area contributed by atoms with Crippen molar-refractivity contribution in [1.29, 1.82) is 5.26 Å². The molecule has 6 nitrogen and oxygen atoms in total. The molecule has 0 saturated heterocycles. The van der Waals surface area contributed by atoms with E-state index in [9.17, 15) is 8.42 Å². The highest BCUT2D eigenvalue weighted by Gasteiger charge is 2.23. The average molecular weight is 443 g/mol. The van der Waals surface area contributed by atoms with Crippen molar-refractivity contribution in [2.45, 2.75) is 49.5 Å². The molecular formula is C22H26N4O2S2. The van der Waals surface area contributed by atoms with Gasteiger partial charge in [-0.1, -0.05) is 37.7 Å². The fourth-order valence-corrected chi connectivity index (χ4v) is 5.97. The maximum atomic E-state index is 12.9. The monoisotopic (exact) mass is 442 g/mol. The smallest absolute Gasteiger partial charge is 0.243 e. The average Bonchev–Trinajstić information content (AvgIpc) is 3.11. The van der Waals surface area contributed by atoms with Crippen LogP contribution in [0.3, 0.4) is 0 Å². The summed E-state index contributed by atoms with van der Waals surface area (Å²) >= 11 is 1.58. The van der Waals surface area contributed by atoms with Gasteiger partial charge in [0.05, 0.1) is 27.6 Å². The van der Waals surface area contributed by atoms with Crippen LogP contribution < -0.4 is 0 Å². The topological polar surface area (TPSA) is 79.0 Å². The van der Waals surface area contributed by atoms with Crippen LogP contribution in [0.2, 0.25) is 0 Å². The Morgan fingerprint density at radius 1 is 1.17 bits per heavy atom. The van der Waals surface area contributed by atoms with E-state index < -0.39 is 10.0 Å². The second-order valence-electron chi connectivity index (χ2n) is 7.20. The van der Waals surface area contributed by atoms with Crippen LogP contribution in [0.5, 0.6) is 0 Å². The van der Waals surface area contributed by atoms with Crippen LogP contribution in [0.25, 0.3) is 11.0 Å². The summed E-state index contributed by atoms with van der Waals surface area (Å²) in [5.74, 6) is 0.677. The minimum absolute atomic E-state index is 0.174. The van der Waals surface area contributed by atoms with E-state index in [1.807, 2.05) is 38.1 Å². The van der Waals surface area contributed by atoms with E-state index in [1.165, 1.54) is 4.31 Å². The summed E-state index contributed by atoms with van der Waals surface area (Å²) in [6.45, 7) is 8.71. The molecule has 0 atom stereocenters. The number of benzene rings is 2. The molecule has 0 amide bonds. The van der Waals surface area contributed by atoms with Gasteiger partial charge in [0.15, 0.2) is 5.16 Å². The molecule has 0 aliphatic carbocycles. The van der Waals surface area contributed by atoms with Crippen molar-refractivity contribution in [3.05, 3.63) is 53.6 Å². The van der Waals surface area contributed by atoms with Gasteiger partial charge in [0.2, 0.25) is 10.0 Å². The summed E-state index contributed by atoms with van der Waals surface area (Å²) in [6, 6.07) is 15.1. The van der Waals surface area contributed by atoms with E-state index in [1.54, 1.807) is 30.0 Å². The Balaban J connectivity index is 1.99. The third kappa shape index (κ3) is 4.38. The molecule has 30 heavy (non-hydrogen) atoms. The summed E-state index contributed by atoms with van der Waals surface area (Å²) in [7, 11) is -3.53. The largest absolute Gasteiger partial charge is 0.316 e. The van der Waals surface area contributed by atoms with Crippen LogP contribution >= 0.6 is 11.8 Å². The van der Waals surface area contributed by atoms with Gasteiger partial charge in [0, 0.05) is 24.9 Å². The maximum absolute atomic E-state index is 12.9. The summed E-state index contributed by atoms with van der Waals surface area (Å²) in [5, 5.41) is 9.93. The number of nitrogens with zero attached hydrogens (tertiary/aromatic N) is 4. The first-order valence-electron chi connectivity index (χ1n) is 9.95. The molecule has 8 heteroatoms. The van der Waals surface area contributed by atoms with Gasteiger partial charge < -0.3 is 4.57 Å². The van der Waals surface area contributed by atoms with Gasteiger partial charge >= 0.3 is 0 Å². The maximum Gasteiger partial charge on any atom is 0.243 e. The lowest BCUT2D eigenvalue weighted by atomic mass is 10.2. The third-order valence-electron chi connectivity index (χ3n) is 4.91. The molecule has 1 aromatic heterocycles. The second-order valence-corrected chi connectivity index (χ2v) is 10.1. The fourth-order valence-electron chi connectivity index (χ4n) is 3.41. The minimum atomic E-state index is -3.53. The first-order chi connectivity index (χ1) is 14.3. The van der Waals surface area contributed by atoms with Gasteiger partial charge in [-0.15, -0.1) is 0 Å². The Morgan fingerprint density at radius 3 is 2.53 bits per heavy atom. The Bertz CT molecular complexity index is 1190. The molecule has 0 aliphatic heterocycles. The molecule has 0 unspecified atom stereocenters. The number of hydrogen-bond acceptors (Lipinski definition) is 5. The molecule has 0 saturated carbocycles. The van der Waals surface area contributed by atoms with Crippen molar-refractivity contribution >= 4 is 32.8 Å². The SMILES string of the molecule is CCN(CC)S(=O)(=O)c1ccc2c(c1)nc(SCc1cccc(C#N)c1)n2C(C)C. The van der Waals surface area contributed by atoms with Gasteiger partial charge in [0.1, 0.15) is 0 Å². The van der Waals surface area contributed by atoms with Crippen molar-refractivity contribution in [2.75, 3.05) is 13.1 Å². The molecule has 0 radical (unpaired) electrons. The predicted molar refractivity (Wildman–Crippen MR) is 121 cm³/mol. The number of aromatic nitrogens is 2. The highest BCUT2D eigenvalue weighted by atomic mass is 32.2. The quantitative estimate of drug-likeness (QED) is 0.468. The first-order valence-corrected chi connectivity index (χ1v) is 12.4. The fraction of sp³-hybridized carbons (Fsp3) is 0.364. The normalized spacial score (nSPS) is 12.0. The highest BCUT2D eigenvalue weighted by Crippen LogP contribution is 2.31. The van der Waals surface area contributed by atoms with E-state index in [4.69, 9.17) is 10.2 Å². The number of imidazole rings is 1. The molecule has 3 rings (SSSR count). The Morgan fingerprint density at radius 2 is 1.90 bits per heavy atom. The van der Waals surface area contributed by atoms with Crippen LogP contribution in [-0.2, 0) is 15.8 Å². The lowest BCUT2D eigenvalue weighted by molar-refractivity contribution is 0.445. The van der Waals surface area contributed by atoms with Crippen LogP contribution in [0.4, 0.5) is 0 Å². The lowest BCUT2D eigenvalue weighted by Crippen LogP contribution is -2.30. The highest BCUT2D eigenvalue weighted by molar-refractivity contribution is 7.98. The molecule has 0 fully saturated rings. The van der Waals surface area contributed by atoms with E-state index in [2.05, 4.69) is 24.5 Å². The Kier molecular flexibility index (Phi) is 6.86. The zero-order valence-corrected chi connectivity index (χ0v) is 19.3. The zero-order chi connectivity index (χ0) is 21.9. The predicted octanol–water partition coefficient (Wildman–Crippen LogP) is 4.81.